The summed E-state index contributed by atoms with van der Waals surface area (Å²) in [4.78, 5) is 14.2. The molecule has 0 spiro atoms. The predicted octanol–water partition coefficient (Wildman–Crippen LogP) is 2.54. The minimum atomic E-state index is 0.117. The lowest BCUT2D eigenvalue weighted by molar-refractivity contribution is 0.249. The molecule has 0 atom stereocenters. The fourth-order valence-electron chi connectivity index (χ4n) is 1.56. The maximum absolute atomic E-state index is 5.88. The molecule has 6 nitrogen and oxygen atoms in total. The van der Waals surface area contributed by atoms with Crippen LogP contribution in [0.15, 0.2) is 22.8 Å². The van der Waals surface area contributed by atoms with Crippen LogP contribution in [0.25, 0.3) is 0 Å². The molecule has 0 saturated heterocycles. The molecular weight excluding hydrogens is 268 g/mol. The highest BCUT2D eigenvalue weighted by molar-refractivity contribution is 6.28. The molecule has 0 bridgehead atoms. The van der Waals surface area contributed by atoms with Gasteiger partial charge in [-0.15, -0.1) is 0 Å². The van der Waals surface area contributed by atoms with Gasteiger partial charge in [-0.1, -0.05) is 0 Å². The summed E-state index contributed by atoms with van der Waals surface area (Å²) in [6.45, 7) is 5.86. The lowest BCUT2D eigenvalue weighted by Gasteiger charge is -2.18. The second-order valence-electron chi connectivity index (χ2n) is 3.73. The zero-order valence-corrected chi connectivity index (χ0v) is 11.6. The standard InChI is InChI=1S/C12H15ClN4O2/c1-3-17(4-2)11-14-10(13)15-12(16-11)19-8-9-6-5-7-18-9/h5-7H,3-4,8H2,1-2H3. The van der Waals surface area contributed by atoms with Gasteiger partial charge in [0.25, 0.3) is 0 Å². The number of hydrogen-bond donors (Lipinski definition) is 0. The van der Waals surface area contributed by atoms with Crippen LogP contribution in [-0.4, -0.2) is 28.0 Å². The van der Waals surface area contributed by atoms with Gasteiger partial charge in [0.1, 0.15) is 12.4 Å². The molecule has 0 aromatic carbocycles. The van der Waals surface area contributed by atoms with E-state index in [1.165, 1.54) is 0 Å². The average Bonchev–Trinajstić information content (AvgIpc) is 2.90. The minimum absolute atomic E-state index is 0.117. The van der Waals surface area contributed by atoms with E-state index in [1.807, 2.05) is 24.8 Å². The van der Waals surface area contributed by atoms with Crippen LogP contribution in [0.3, 0.4) is 0 Å². The van der Waals surface area contributed by atoms with E-state index < -0.39 is 0 Å². The topological polar surface area (TPSA) is 64.3 Å². The van der Waals surface area contributed by atoms with Gasteiger partial charge in [0.2, 0.25) is 11.2 Å². The monoisotopic (exact) mass is 282 g/mol. The summed E-state index contributed by atoms with van der Waals surface area (Å²) < 4.78 is 10.6. The number of aromatic nitrogens is 3. The molecule has 0 saturated carbocycles. The third kappa shape index (κ3) is 3.57. The van der Waals surface area contributed by atoms with Crippen molar-refractivity contribution in [3.8, 4) is 6.01 Å². The quantitative estimate of drug-likeness (QED) is 0.811. The van der Waals surface area contributed by atoms with Gasteiger partial charge < -0.3 is 14.1 Å². The number of nitrogens with zero attached hydrogens (tertiary/aromatic N) is 4. The highest BCUT2D eigenvalue weighted by Crippen LogP contribution is 2.16. The molecule has 19 heavy (non-hydrogen) atoms. The molecule has 0 aliphatic carbocycles. The van der Waals surface area contributed by atoms with Gasteiger partial charge in [0.05, 0.1) is 6.26 Å². The molecular formula is C12H15ClN4O2. The summed E-state index contributed by atoms with van der Waals surface area (Å²) >= 11 is 5.88. The van der Waals surface area contributed by atoms with Gasteiger partial charge in [-0.25, -0.2) is 0 Å². The Kier molecular flexibility index (Phi) is 4.57. The van der Waals surface area contributed by atoms with Crippen molar-refractivity contribution in [1.29, 1.82) is 0 Å². The van der Waals surface area contributed by atoms with Gasteiger partial charge in [-0.05, 0) is 37.6 Å². The Balaban J connectivity index is 2.12. The summed E-state index contributed by atoms with van der Waals surface area (Å²) in [7, 11) is 0. The van der Waals surface area contributed by atoms with Crippen molar-refractivity contribution in [2.75, 3.05) is 18.0 Å². The summed E-state index contributed by atoms with van der Waals surface area (Å²) in [6, 6.07) is 3.80. The number of furan rings is 1. The van der Waals surface area contributed by atoms with Crippen LogP contribution in [0.5, 0.6) is 6.01 Å². The first-order chi connectivity index (χ1) is 9.22. The first kappa shape index (κ1) is 13.6. The van der Waals surface area contributed by atoms with E-state index in [0.29, 0.717) is 11.7 Å². The highest BCUT2D eigenvalue weighted by atomic mass is 35.5. The summed E-state index contributed by atoms with van der Waals surface area (Å²) in [5, 5.41) is 0.117. The Morgan fingerprint density at radius 1 is 1.26 bits per heavy atom. The third-order valence-electron chi connectivity index (χ3n) is 2.55. The van der Waals surface area contributed by atoms with E-state index >= 15 is 0 Å². The van der Waals surface area contributed by atoms with Gasteiger partial charge in [0, 0.05) is 13.1 Å². The van der Waals surface area contributed by atoms with Crippen LogP contribution >= 0.6 is 11.6 Å². The lowest BCUT2D eigenvalue weighted by Crippen LogP contribution is -2.24. The predicted molar refractivity (Wildman–Crippen MR) is 71.4 cm³/mol. The third-order valence-corrected chi connectivity index (χ3v) is 2.71. The minimum Gasteiger partial charge on any atom is -0.466 e. The number of hydrogen-bond acceptors (Lipinski definition) is 6. The second-order valence-corrected chi connectivity index (χ2v) is 4.07. The SMILES string of the molecule is CCN(CC)c1nc(Cl)nc(OCc2ccco2)n1. The van der Waals surface area contributed by atoms with Crippen LogP contribution in [0.1, 0.15) is 19.6 Å². The molecule has 0 aliphatic heterocycles. The van der Waals surface area contributed by atoms with Gasteiger partial charge in [-0.3, -0.25) is 0 Å². The number of halogens is 1. The number of anilines is 1. The van der Waals surface area contributed by atoms with Crippen molar-refractivity contribution in [2.24, 2.45) is 0 Å². The molecule has 2 rings (SSSR count). The van der Waals surface area contributed by atoms with E-state index in [9.17, 15) is 0 Å². The zero-order valence-electron chi connectivity index (χ0n) is 10.8. The first-order valence-corrected chi connectivity index (χ1v) is 6.42. The molecule has 2 aromatic rings. The van der Waals surface area contributed by atoms with Crippen LogP contribution in [0.2, 0.25) is 5.28 Å². The summed E-state index contributed by atoms with van der Waals surface area (Å²) in [5.74, 6) is 1.21. The van der Waals surface area contributed by atoms with Crippen LogP contribution in [0, 0.1) is 0 Å². The average molecular weight is 283 g/mol. The molecule has 2 aromatic heterocycles. The van der Waals surface area contributed by atoms with Crippen LogP contribution in [0.4, 0.5) is 5.95 Å². The van der Waals surface area contributed by atoms with E-state index in [1.54, 1.807) is 12.3 Å². The van der Waals surface area contributed by atoms with Crippen molar-refractivity contribution in [3.05, 3.63) is 29.4 Å². The van der Waals surface area contributed by atoms with E-state index in [-0.39, 0.29) is 17.9 Å². The van der Waals surface area contributed by atoms with E-state index in [4.69, 9.17) is 20.8 Å². The largest absolute Gasteiger partial charge is 0.466 e. The Morgan fingerprint density at radius 3 is 2.68 bits per heavy atom. The Hall–Kier alpha value is -1.82. The molecule has 102 valence electrons. The molecule has 0 aliphatic rings. The lowest BCUT2D eigenvalue weighted by atomic mass is 10.5. The van der Waals surface area contributed by atoms with Crippen molar-refractivity contribution in [3.63, 3.8) is 0 Å². The fraction of sp³-hybridized carbons (Fsp3) is 0.417. The Morgan fingerprint density at radius 2 is 2.05 bits per heavy atom. The first-order valence-electron chi connectivity index (χ1n) is 6.04. The molecule has 0 fully saturated rings. The normalized spacial score (nSPS) is 10.5. The Labute approximate surface area is 116 Å². The summed E-state index contributed by atoms with van der Waals surface area (Å²) in [5.41, 5.74) is 0. The molecule has 0 unspecified atom stereocenters. The maximum atomic E-state index is 5.88. The number of rotatable bonds is 6. The molecule has 2 heterocycles. The van der Waals surface area contributed by atoms with Crippen molar-refractivity contribution >= 4 is 17.5 Å². The van der Waals surface area contributed by atoms with Crippen LogP contribution < -0.4 is 9.64 Å². The second kappa shape index (κ2) is 6.38. The smallest absolute Gasteiger partial charge is 0.323 e. The molecule has 7 heteroatoms. The molecule has 0 radical (unpaired) electrons. The maximum Gasteiger partial charge on any atom is 0.323 e. The van der Waals surface area contributed by atoms with Gasteiger partial charge >= 0.3 is 6.01 Å². The zero-order chi connectivity index (χ0) is 13.7. The van der Waals surface area contributed by atoms with E-state index in [0.717, 1.165) is 13.1 Å². The van der Waals surface area contributed by atoms with Crippen molar-refractivity contribution in [1.82, 2.24) is 15.0 Å². The Bertz CT molecular complexity index is 514. The highest BCUT2D eigenvalue weighted by Gasteiger charge is 2.11. The van der Waals surface area contributed by atoms with Gasteiger partial charge in [0.15, 0.2) is 0 Å². The molecule has 0 N–H and O–H groups in total. The molecule has 0 amide bonds. The fourth-order valence-corrected chi connectivity index (χ4v) is 1.71. The van der Waals surface area contributed by atoms with E-state index in [2.05, 4.69) is 15.0 Å². The summed E-state index contributed by atoms with van der Waals surface area (Å²) in [6.07, 6.45) is 1.58. The van der Waals surface area contributed by atoms with Crippen molar-refractivity contribution < 1.29 is 9.15 Å². The number of ether oxygens (including phenoxy) is 1. The van der Waals surface area contributed by atoms with Crippen molar-refractivity contribution in [2.45, 2.75) is 20.5 Å². The van der Waals surface area contributed by atoms with Crippen LogP contribution in [-0.2, 0) is 6.61 Å². The van der Waals surface area contributed by atoms with Gasteiger partial charge in [-0.2, -0.15) is 15.0 Å².